The summed E-state index contributed by atoms with van der Waals surface area (Å²) in [6.45, 7) is 9.40. The second kappa shape index (κ2) is 6.24. The second-order valence-electron chi connectivity index (χ2n) is 6.06. The van der Waals surface area contributed by atoms with E-state index in [9.17, 15) is 4.79 Å². The minimum atomic E-state index is -0.0401. The van der Waals surface area contributed by atoms with E-state index in [1.165, 1.54) is 0 Å². The van der Waals surface area contributed by atoms with Crippen molar-refractivity contribution < 1.29 is 14.4 Å². The molecule has 112 valence electrons. The van der Waals surface area contributed by atoms with Crippen molar-refractivity contribution in [3.63, 3.8) is 0 Å². The summed E-state index contributed by atoms with van der Waals surface area (Å²) < 4.78 is 5.68. The van der Waals surface area contributed by atoms with Gasteiger partial charge < -0.3 is 4.74 Å². The lowest BCUT2D eigenvalue weighted by molar-refractivity contribution is -0.207. The van der Waals surface area contributed by atoms with Gasteiger partial charge in [0.25, 0.3) is 5.91 Å². The number of rotatable bonds is 3. The largest absolute Gasteiger partial charge is 0.380 e. The Bertz CT molecular complexity index is 368. The Labute approximate surface area is 120 Å². The van der Waals surface area contributed by atoms with E-state index in [4.69, 9.17) is 9.57 Å². The summed E-state index contributed by atoms with van der Waals surface area (Å²) in [6.07, 6.45) is 4.02. The van der Waals surface area contributed by atoms with Crippen LogP contribution in [0.4, 0.5) is 0 Å². The van der Waals surface area contributed by atoms with Crippen LogP contribution in [0.25, 0.3) is 0 Å². The van der Waals surface area contributed by atoms with Crippen LogP contribution in [0.3, 0.4) is 0 Å². The summed E-state index contributed by atoms with van der Waals surface area (Å²) >= 11 is 0. The average Bonchev–Trinajstić information content (AvgIpc) is 2.90. The quantitative estimate of drug-likeness (QED) is 0.721. The third-order valence-corrected chi connectivity index (χ3v) is 4.67. The molecule has 0 radical (unpaired) electrons. The summed E-state index contributed by atoms with van der Waals surface area (Å²) in [4.78, 5) is 20.5. The van der Waals surface area contributed by atoms with Crippen molar-refractivity contribution >= 4 is 5.91 Å². The van der Waals surface area contributed by atoms with Crippen molar-refractivity contribution in [2.75, 3.05) is 46.0 Å². The van der Waals surface area contributed by atoms with E-state index in [1.54, 1.807) is 5.06 Å². The van der Waals surface area contributed by atoms with E-state index < -0.39 is 0 Å². The molecular weight excluding hydrogens is 256 g/mol. The molecule has 0 unspecified atom stereocenters. The van der Waals surface area contributed by atoms with Crippen molar-refractivity contribution in [2.45, 2.75) is 12.8 Å². The maximum Gasteiger partial charge on any atom is 0.251 e. The number of carbonyl (C=O) groups is 1. The lowest BCUT2D eigenvalue weighted by Crippen LogP contribution is -2.47. The Balaban J connectivity index is 1.66. The van der Waals surface area contributed by atoms with Gasteiger partial charge in [0, 0.05) is 26.2 Å². The highest BCUT2D eigenvalue weighted by Crippen LogP contribution is 2.35. The van der Waals surface area contributed by atoms with Crippen LogP contribution in [-0.4, -0.2) is 61.9 Å². The number of hydroxylamine groups is 2. The average molecular weight is 280 g/mol. The standard InChI is InChI=1S/C15H24N2O3/c1-2-5-16-8-12-10-19-11-14(13(12)9-16)15(18)17-6-3-4-7-20-17/h2,12-14H,1,3-11H2/t12-,13-,14+/m1/s1. The lowest BCUT2D eigenvalue weighted by Gasteiger charge is -2.36. The van der Waals surface area contributed by atoms with Crippen LogP contribution in [0.1, 0.15) is 12.8 Å². The molecule has 3 heterocycles. The van der Waals surface area contributed by atoms with Gasteiger partial charge in [0.15, 0.2) is 0 Å². The third-order valence-electron chi connectivity index (χ3n) is 4.67. The van der Waals surface area contributed by atoms with Crippen LogP contribution in [0.5, 0.6) is 0 Å². The Morgan fingerprint density at radius 2 is 2.20 bits per heavy atom. The molecule has 1 amide bonds. The van der Waals surface area contributed by atoms with Gasteiger partial charge in [-0.3, -0.25) is 14.5 Å². The number of carbonyl (C=O) groups excluding carboxylic acids is 1. The van der Waals surface area contributed by atoms with Gasteiger partial charge in [-0.2, -0.15) is 0 Å². The van der Waals surface area contributed by atoms with Crippen molar-refractivity contribution in [2.24, 2.45) is 17.8 Å². The van der Waals surface area contributed by atoms with Crippen LogP contribution in [-0.2, 0) is 14.4 Å². The second-order valence-corrected chi connectivity index (χ2v) is 6.06. The molecule has 0 aromatic heterocycles. The van der Waals surface area contributed by atoms with Crippen LogP contribution in [0.2, 0.25) is 0 Å². The zero-order valence-electron chi connectivity index (χ0n) is 12.0. The van der Waals surface area contributed by atoms with Crippen LogP contribution in [0, 0.1) is 17.8 Å². The first-order valence-electron chi connectivity index (χ1n) is 7.65. The molecule has 0 saturated carbocycles. The number of hydrogen-bond acceptors (Lipinski definition) is 4. The van der Waals surface area contributed by atoms with Crippen molar-refractivity contribution in [1.82, 2.24) is 9.96 Å². The van der Waals surface area contributed by atoms with Gasteiger partial charge in [0.05, 0.1) is 25.7 Å². The highest BCUT2D eigenvalue weighted by molar-refractivity contribution is 5.78. The van der Waals surface area contributed by atoms with E-state index in [0.717, 1.165) is 45.6 Å². The highest BCUT2D eigenvalue weighted by Gasteiger charge is 2.45. The Morgan fingerprint density at radius 1 is 1.30 bits per heavy atom. The summed E-state index contributed by atoms with van der Waals surface area (Å²) in [7, 11) is 0. The van der Waals surface area contributed by atoms with Gasteiger partial charge in [-0.25, -0.2) is 5.06 Å². The number of amides is 1. The summed E-state index contributed by atoms with van der Waals surface area (Å²) in [5.74, 6) is 0.964. The van der Waals surface area contributed by atoms with E-state index in [0.29, 0.717) is 25.0 Å². The molecular formula is C15H24N2O3. The van der Waals surface area contributed by atoms with Gasteiger partial charge in [0.1, 0.15) is 0 Å². The molecule has 3 saturated heterocycles. The molecule has 3 aliphatic heterocycles. The summed E-state index contributed by atoms with van der Waals surface area (Å²) in [5, 5.41) is 1.58. The highest BCUT2D eigenvalue weighted by atomic mass is 16.7. The molecule has 0 aromatic rings. The number of ether oxygens (including phenoxy) is 1. The van der Waals surface area contributed by atoms with Gasteiger partial charge in [0.2, 0.25) is 0 Å². The zero-order chi connectivity index (χ0) is 13.9. The molecule has 0 aromatic carbocycles. The fourth-order valence-corrected chi connectivity index (χ4v) is 3.63. The molecule has 5 heteroatoms. The van der Waals surface area contributed by atoms with E-state index in [1.807, 2.05) is 6.08 Å². The third kappa shape index (κ3) is 2.75. The lowest BCUT2D eigenvalue weighted by atomic mass is 9.82. The number of likely N-dealkylation sites (tertiary alicyclic amines) is 1. The van der Waals surface area contributed by atoms with Crippen molar-refractivity contribution in [1.29, 1.82) is 0 Å². The topological polar surface area (TPSA) is 42.0 Å². The van der Waals surface area contributed by atoms with E-state index in [-0.39, 0.29) is 11.8 Å². The maximum absolute atomic E-state index is 12.6. The first-order chi connectivity index (χ1) is 9.79. The van der Waals surface area contributed by atoms with Gasteiger partial charge >= 0.3 is 0 Å². The Morgan fingerprint density at radius 3 is 2.95 bits per heavy atom. The molecule has 3 aliphatic rings. The number of hydrogen-bond donors (Lipinski definition) is 0. The maximum atomic E-state index is 12.6. The van der Waals surface area contributed by atoms with Crippen LogP contribution >= 0.6 is 0 Å². The first-order valence-corrected chi connectivity index (χ1v) is 7.65. The minimum absolute atomic E-state index is 0.0401. The van der Waals surface area contributed by atoms with Crippen LogP contribution < -0.4 is 0 Å². The van der Waals surface area contributed by atoms with Crippen molar-refractivity contribution in [3.05, 3.63) is 12.7 Å². The predicted molar refractivity (Wildman–Crippen MR) is 74.8 cm³/mol. The fraction of sp³-hybridized carbons (Fsp3) is 0.800. The van der Waals surface area contributed by atoms with Crippen LogP contribution in [0.15, 0.2) is 12.7 Å². The predicted octanol–water partition coefficient (Wildman–Crippen LogP) is 0.921. The normalized spacial score (nSPS) is 34.8. The van der Waals surface area contributed by atoms with E-state index in [2.05, 4.69) is 11.5 Å². The molecule has 0 N–H and O–H groups in total. The SMILES string of the molecule is C=CCN1C[C@@H]2COC[C@H](C(=O)N3CCCCO3)[C@@H]2C1. The molecule has 0 aliphatic carbocycles. The first kappa shape index (κ1) is 14.0. The number of fused-ring (bicyclic) bond motifs is 1. The van der Waals surface area contributed by atoms with Gasteiger partial charge in [-0.15, -0.1) is 6.58 Å². The van der Waals surface area contributed by atoms with Gasteiger partial charge in [-0.1, -0.05) is 6.08 Å². The number of nitrogens with zero attached hydrogens (tertiary/aromatic N) is 2. The molecule has 5 nitrogen and oxygen atoms in total. The smallest absolute Gasteiger partial charge is 0.251 e. The summed E-state index contributed by atoms with van der Waals surface area (Å²) in [5.41, 5.74) is 0. The monoisotopic (exact) mass is 280 g/mol. The molecule has 0 bridgehead atoms. The molecule has 3 rings (SSSR count). The Kier molecular flexibility index (Phi) is 4.38. The van der Waals surface area contributed by atoms with Crippen molar-refractivity contribution in [3.8, 4) is 0 Å². The molecule has 0 spiro atoms. The zero-order valence-corrected chi connectivity index (χ0v) is 12.0. The Hall–Kier alpha value is -0.910. The van der Waals surface area contributed by atoms with E-state index >= 15 is 0 Å². The summed E-state index contributed by atoms with van der Waals surface area (Å²) in [6, 6.07) is 0. The fourth-order valence-electron chi connectivity index (χ4n) is 3.63. The molecule has 20 heavy (non-hydrogen) atoms. The minimum Gasteiger partial charge on any atom is -0.380 e. The molecule has 3 fully saturated rings. The molecule has 3 atom stereocenters. The van der Waals surface area contributed by atoms with Gasteiger partial charge in [-0.05, 0) is 24.7 Å².